The van der Waals surface area contributed by atoms with Crippen molar-refractivity contribution >= 4 is 68.5 Å². The molecule has 3 aromatic carbocycles. The number of carbonyl (C=O) groups excluding carboxylic acids is 5. The number of hydrogen-bond acceptors (Lipinski definition) is 11. The van der Waals surface area contributed by atoms with Crippen molar-refractivity contribution in [3.63, 3.8) is 0 Å². The van der Waals surface area contributed by atoms with E-state index < -0.39 is 29.5 Å². The van der Waals surface area contributed by atoms with Crippen LogP contribution in [0.5, 0.6) is 0 Å². The molecule has 3 aromatic heterocycles. The maximum absolute atomic E-state index is 14.0. The van der Waals surface area contributed by atoms with E-state index in [0.29, 0.717) is 36.7 Å². The van der Waals surface area contributed by atoms with E-state index in [0.717, 1.165) is 75.4 Å². The molecule has 0 bridgehead atoms. The number of amides is 5. The van der Waals surface area contributed by atoms with E-state index in [1.165, 1.54) is 4.90 Å². The largest absolute Gasteiger partial charge is 0.391 e. The van der Waals surface area contributed by atoms with Crippen LogP contribution in [0.2, 0.25) is 0 Å². The number of H-pyrrole nitrogens is 1. The summed E-state index contributed by atoms with van der Waals surface area (Å²) in [6, 6.07) is 17.2. The van der Waals surface area contributed by atoms with Gasteiger partial charge in [-0.15, -0.1) is 11.3 Å². The van der Waals surface area contributed by atoms with Crippen LogP contribution in [0.4, 0.5) is 5.69 Å². The number of β-amino-alcohol motifs (C(OH)–C–C–N with tert-alkyl or cyclic N) is 1. The maximum Gasteiger partial charge on any atom is 0.255 e. The molecule has 2 fully saturated rings. The number of likely N-dealkylation sites (tertiary alicyclic amines) is 2. The molecule has 1 unspecified atom stereocenters. The summed E-state index contributed by atoms with van der Waals surface area (Å²) < 4.78 is 1.77. The molecule has 8 rings (SSSR count). The van der Waals surface area contributed by atoms with Crippen LogP contribution in [0.15, 0.2) is 72.4 Å². The molecule has 4 atom stereocenters. The number of rotatable bonds is 17. The number of nitrogens with zero attached hydrogens (tertiary/aromatic N) is 6. The first-order chi connectivity index (χ1) is 32.6. The fraction of sp³-hybridized carbons (Fsp3) is 0.440. The summed E-state index contributed by atoms with van der Waals surface area (Å²) in [4.78, 5) is 83.9. The number of anilines is 1. The van der Waals surface area contributed by atoms with E-state index in [-0.39, 0.29) is 56.0 Å². The lowest BCUT2D eigenvalue weighted by Gasteiger charge is -2.35. The second-order valence-corrected chi connectivity index (χ2v) is 20.1. The number of aromatic amines is 1. The normalized spacial score (nSPS) is 18.0. The minimum atomic E-state index is -0.947. The van der Waals surface area contributed by atoms with Gasteiger partial charge in [-0.2, -0.15) is 5.10 Å². The summed E-state index contributed by atoms with van der Waals surface area (Å²) >= 11 is 1.57. The van der Waals surface area contributed by atoms with Crippen molar-refractivity contribution in [1.82, 2.24) is 50.5 Å². The highest BCUT2D eigenvalue weighted by atomic mass is 32.1. The van der Waals surface area contributed by atoms with Crippen LogP contribution >= 0.6 is 11.3 Å². The average molecular weight is 944 g/mol. The van der Waals surface area contributed by atoms with Crippen molar-refractivity contribution in [2.24, 2.45) is 18.4 Å². The summed E-state index contributed by atoms with van der Waals surface area (Å²) in [6.07, 6.45) is 3.35. The molecule has 0 saturated carbocycles. The van der Waals surface area contributed by atoms with Gasteiger partial charge in [-0.3, -0.25) is 33.6 Å². The Morgan fingerprint density at radius 3 is 2.53 bits per heavy atom. The zero-order valence-electron chi connectivity index (χ0n) is 39.3. The van der Waals surface area contributed by atoms with Gasteiger partial charge < -0.3 is 36.3 Å². The van der Waals surface area contributed by atoms with Gasteiger partial charge in [0.25, 0.3) is 5.91 Å². The predicted octanol–water partition coefficient (Wildman–Crippen LogP) is 5.44. The monoisotopic (exact) mass is 943 g/mol. The zero-order valence-corrected chi connectivity index (χ0v) is 40.1. The number of fused-ring (bicyclic) bond motifs is 2. The first kappa shape index (κ1) is 48.0. The van der Waals surface area contributed by atoms with Gasteiger partial charge >= 0.3 is 0 Å². The van der Waals surface area contributed by atoms with Crippen LogP contribution < -0.4 is 21.3 Å². The van der Waals surface area contributed by atoms with Crippen molar-refractivity contribution in [3.05, 3.63) is 95.0 Å². The Morgan fingerprint density at radius 2 is 1.76 bits per heavy atom. The van der Waals surface area contributed by atoms with E-state index in [9.17, 15) is 29.1 Å². The number of imidazole rings is 1. The highest BCUT2D eigenvalue weighted by Crippen LogP contribution is 2.29. The number of aliphatic hydroxyl groups excluding tert-OH is 1. The van der Waals surface area contributed by atoms with Gasteiger partial charge in [0.15, 0.2) is 0 Å². The van der Waals surface area contributed by atoms with Gasteiger partial charge in [-0.1, -0.05) is 45.0 Å². The molecule has 0 aliphatic carbocycles. The van der Waals surface area contributed by atoms with E-state index >= 15 is 0 Å². The lowest BCUT2D eigenvalue weighted by molar-refractivity contribution is -0.144. The summed E-state index contributed by atoms with van der Waals surface area (Å²) in [5.41, 5.74) is 7.87. The van der Waals surface area contributed by atoms with Crippen molar-refractivity contribution in [3.8, 4) is 10.4 Å². The molecular formula is C50H61N11O6S. The fourth-order valence-corrected chi connectivity index (χ4v) is 9.97. The molecule has 5 amide bonds. The third kappa shape index (κ3) is 11.6. The molecule has 6 N–H and O–H groups in total. The molecule has 17 nitrogen and oxygen atoms in total. The fourth-order valence-electron chi connectivity index (χ4n) is 9.15. The molecule has 2 saturated heterocycles. The summed E-state index contributed by atoms with van der Waals surface area (Å²) in [6.45, 7) is 10.7. The van der Waals surface area contributed by atoms with Crippen LogP contribution in [-0.2, 0) is 39.3 Å². The molecule has 5 heterocycles. The summed E-state index contributed by atoms with van der Waals surface area (Å²) in [7, 11) is 1.87. The molecular weight excluding hydrogens is 883 g/mol. The Balaban J connectivity index is 0.734. The van der Waals surface area contributed by atoms with Crippen molar-refractivity contribution in [2.75, 3.05) is 31.5 Å². The van der Waals surface area contributed by atoms with Crippen LogP contribution in [0.3, 0.4) is 0 Å². The van der Waals surface area contributed by atoms with Crippen LogP contribution in [0, 0.1) is 18.3 Å². The van der Waals surface area contributed by atoms with Gasteiger partial charge in [0.05, 0.1) is 51.5 Å². The quantitative estimate of drug-likeness (QED) is 0.0680. The number of hydrogen-bond donors (Lipinski definition) is 6. The van der Waals surface area contributed by atoms with Gasteiger partial charge in [0, 0.05) is 69.1 Å². The van der Waals surface area contributed by atoms with Crippen molar-refractivity contribution in [1.29, 1.82) is 0 Å². The lowest BCUT2D eigenvalue weighted by atomic mass is 9.85. The SMILES string of the molecule is Cc1ncsc1-c1ccc(CNC(=O)[C@@H]2C[C@@H](O)CN2C(=O)[C@@H](NC(=O)CCCC(=O)NCCC2CCN(Cc3nc4ccc(NC(=O)c5ccc6c(cnn6C)c5)cc4[nH]3)C2)C(C)(C)C)cc1. The number of nitrogens with one attached hydrogen (secondary N) is 5. The minimum absolute atomic E-state index is 0.0141. The molecule has 358 valence electrons. The van der Waals surface area contributed by atoms with E-state index in [1.54, 1.807) is 28.3 Å². The predicted molar refractivity (Wildman–Crippen MR) is 261 cm³/mol. The zero-order chi connectivity index (χ0) is 48.1. The van der Waals surface area contributed by atoms with Gasteiger partial charge in [-0.05, 0) is 91.6 Å². The lowest BCUT2D eigenvalue weighted by Crippen LogP contribution is -2.57. The number of thiazole rings is 1. The second kappa shape index (κ2) is 20.8. The Labute approximate surface area is 399 Å². The van der Waals surface area contributed by atoms with Crippen molar-refractivity contribution < 1.29 is 29.1 Å². The molecule has 0 spiro atoms. The second-order valence-electron chi connectivity index (χ2n) is 19.2. The number of aliphatic hydroxyl groups is 1. The van der Waals surface area contributed by atoms with Crippen LogP contribution in [-0.4, -0.2) is 114 Å². The topological polar surface area (TPSA) is 220 Å². The highest BCUT2D eigenvalue weighted by molar-refractivity contribution is 7.13. The maximum atomic E-state index is 14.0. The van der Waals surface area contributed by atoms with Gasteiger partial charge in [0.1, 0.15) is 17.9 Å². The molecule has 2 aliphatic heterocycles. The number of benzene rings is 3. The average Bonchev–Trinajstić information content (AvgIpc) is 4.17. The number of aryl methyl sites for hydroxylation is 2. The van der Waals surface area contributed by atoms with E-state index in [4.69, 9.17) is 4.98 Å². The summed E-state index contributed by atoms with van der Waals surface area (Å²) in [5.74, 6) is -0.222. The molecule has 6 aromatic rings. The Hall–Kier alpha value is -6.50. The Kier molecular flexibility index (Phi) is 14.7. The number of carbonyl (C=O) groups is 5. The smallest absolute Gasteiger partial charge is 0.255 e. The van der Waals surface area contributed by atoms with Crippen molar-refractivity contribution in [2.45, 2.75) is 97.5 Å². The van der Waals surface area contributed by atoms with E-state index in [2.05, 4.69) is 41.2 Å². The minimum Gasteiger partial charge on any atom is -0.391 e. The summed E-state index contributed by atoms with van der Waals surface area (Å²) in [5, 5.41) is 27.6. The van der Waals surface area contributed by atoms with E-state index in [1.807, 2.05) is 94.9 Å². The molecule has 68 heavy (non-hydrogen) atoms. The highest BCUT2D eigenvalue weighted by Gasteiger charge is 2.44. The third-order valence-electron chi connectivity index (χ3n) is 12.9. The van der Waals surface area contributed by atoms with Gasteiger partial charge in [-0.25, -0.2) is 9.97 Å². The first-order valence-corrected chi connectivity index (χ1v) is 24.2. The van der Waals surface area contributed by atoms with Crippen LogP contribution in [0.25, 0.3) is 32.4 Å². The molecule has 0 radical (unpaired) electrons. The molecule has 18 heteroatoms. The Bertz CT molecular complexity index is 2790. The standard InChI is InChI=1S/C50H61N11O6S/c1-30-45(68-29-53-30)33-11-9-31(10-12-33)24-52-48(66)41-23-37(62)27-61(41)49(67)46(50(2,3)4)58-44(64)8-6-7-43(63)51-19-17-32-18-20-60(26-32)28-42-56-38-15-14-36(22-39(38)57-42)55-47(65)34-13-16-40-35(21-34)25-54-59(40)5/h9-16,21-22,25,29,32,37,41,46,62H,6-8,17-20,23-24,26-28H2,1-5H3,(H,51,63)(H,52,66)(H,55,65)(H,56,57)(H,58,64)/t32?,37-,41+,46-/m1/s1. The Morgan fingerprint density at radius 1 is 0.971 bits per heavy atom. The van der Waals surface area contributed by atoms with Gasteiger partial charge in [0.2, 0.25) is 23.6 Å². The molecule has 2 aliphatic rings. The number of aromatic nitrogens is 5. The third-order valence-corrected chi connectivity index (χ3v) is 13.9. The van der Waals surface area contributed by atoms with Crippen LogP contribution in [0.1, 0.15) is 86.7 Å². The first-order valence-electron chi connectivity index (χ1n) is 23.3.